The number of esters is 1. The fourth-order valence-corrected chi connectivity index (χ4v) is 3.20. The molecule has 0 aliphatic heterocycles. The van der Waals surface area contributed by atoms with Gasteiger partial charge in [0, 0.05) is 12.8 Å². The SMILES string of the molecule is C=CCOC(=O)[C@H](C)CC(=O)[C@@H](NC(=O)[C@H](Cc1ccc(O)cc1)NC(=O)OC(C)(C)C)C(C)C. The molecule has 0 radical (unpaired) electrons. The molecule has 0 aromatic heterocycles. The standard InChI is InChI=1S/C26H38N2O7/c1-8-13-34-24(32)17(4)14-21(30)22(16(2)3)28-23(31)20(27-25(33)35-26(5,6)7)15-18-9-11-19(29)12-10-18/h8-12,16-17,20,22,29H,1,13-15H2,2-7H3,(H,27,33)(H,28,31)/t17-,20+,22+/m1/s1. The van der Waals surface area contributed by atoms with E-state index in [2.05, 4.69) is 17.2 Å². The Labute approximate surface area is 207 Å². The van der Waals surface area contributed by atoms with E-state index in [1.807, 2.05) is 0 Å². The molecule has 9 nitrogen and oxygen atoms in total. The van der Waals surface area contributed by atoms with E-state index in [1.54, 1.807) is 53.7 Å². The highest BCUT2D eigenvalue weighted by atomic mass is 16.6. The second-order valence-electron chi connectivity index (χ2n) is 9.79. The Kier molecular flexibility index (Phi) is 11.5. The van der Waals surface area contributed by atoms with Crippen molar-refractivity contribution in [2.45, 2.75) is 72.1 Å². The predicted molar refractivity (Wildman–Crippen MR) is 132 cm³/mol. The van der Waals surface area contributed by atoms with Crippen LogP contribution < -0.4 is 10.6 Å². The molecular weight excluding hydrogens is 452 g/mol. The molecule has 0 spiro atoms. The summed E-state index contributed by atoms with van der Waals surface area (Å²) in [6.07, 6.45) is 0.660. The van der Waals surface area contributed by atoms with Gasteiger partial charge in [-0.3, -0.25) is 14.4 Å². The number of alkyl carbamates (subject to hydrolysis) is 1. The first-order valence-electron chi connectivity index (χ1n) is 11.6. The molecule has 0 saturated carbocycles. The summed E-state index contributed by atoms with van der Waals surface area (Å²) in [4.78, 5) is 50.6. The van der Waals surface area contributed by atoms with Crippen LogP contribution in [0, 0.1) is 11.8 Å². The van der Waals surface area contributed by atoms with Gasteiger partial charge in [0.05, 0.1) is 12.0 Å². The number of ether oxygens (including phenoxy) is 2. The minimum atomic E-state index is -1.04. The number of carbonyl (C=O) groups excluding carboxylic acids is 4. The Morgan fingerprint density at radius 3 is 2.17 bits per heavy atom. The van der Waals surface area contributed by atoms with E-state index in [0.717, 1.165) is 0 Å². The van der Waals surface area contributed by atoms with Gasteiger partial charge in [-0.2, -0.15) is 0 Å². The number of Topliss-reactive ketones (excluding diaryl/α,β-unsaturated/α-hetero) is 1. The molecule has 0 heterocycles. The quantitative estimate of drug-likeness (QED) is 0.303. The number of ketones is 1. The Bertz CT molecular complexity index is 888. The lowest BCUT2D eigenvalue weighted by Crippen LogP contribution is -2.54. The van der Waals surface area contributed by atoms with Crippen LogP contribution in [0.15, 0.2) is 36.9 Å². The summed E-state index contributed by atoms with van der Waals surface area (Å²) in [5, 5.41) is 14.8. The Hall–Kier alpha value is -3.36. The summed E-state index contributed by atoms with van der Waals surface area (Å²) < 4.78 is 10.3. The van der Waals surface area contributed by atoms with Crippen LogP contribution in [0.1, 0.15) is 53.5 Å². The molecule has 0 aliphatic carbocycles. The number of aromatic hydroxyl groups is 1. The first-order chi connectivity index (χ1) is 16.2. The summed E-state index contributed by atoms with van der Waals surface area (Å²) >= 11 is 0. The number of benzene rings is 1. The van der Waals surface area contributed by atoms with Crippen molar-refractivity contribution in [3.8, 4) is 5.75 Å². The van der Waals surface area contributed by atoms with Gasteiger partial charge in [0.2, 0.25) is 5.91 Å². The van der Waals surface area contributed by atoms with Crippen molar-refractivity contribution in [3.05, 3.63) is 42.5 Å². The van der Waals surface area contributed by atoms with Gasteiger partial charge in [0.25, 0.3) is 0 Å². The van der Waals surface area contributed by atoms with Crippen molar-refractivity contribution in [2.75, 3.05) is 6.61 Å². The maximum atomic E-state index is 13.2. The number of hydrogen-bond acceptors (Lipinski definition) is 7. The molecule has 0 bridgehead atoms. The van der Waals surface area contributed by atoms with E-state index in [-0.39, 0.29) is 36.9 Å². The molecule has 0 saturated heterocycles. The van der Waals surface area contributed by atoms with Crippen molar-refractivity contribution < 1.29 is 33.8 Å². The van der Waals surface area contributed by atoms with Crippen LogP contribution in [0.3, 0.4) is 0 Å². The van der Waals surface area contributed by atoms with Crippen LogP contribution >= 0.6 is 0 Å². The van der Waals surface area contributed by atoms with E-state index < -0.39 is 41.6 Å². The number of hydrogen-bond donors (Lipinski definition) is 3. The van der Waals surface area contributed by atoms with E-state index in [1.165, 1.54) is 18.2 Å². The second-order valence-corrected chi connectivity index (χ2v) is 9.79. The number of nitrogens with one attached hydrogen (secondary N) is 2. The first kappa shape index (κ1) is 29.7. The van der Waals surface area contributed by atoms with Crippen molar-refractivity contribution in [1.82, 2.24) is 10.6 Å². The largest absolute Gasteiger partial charge is 0.508 e. The van der Waals surface area contributed by atoms with Crippen molar-refractivity contribution >= 4 is 23.8 Å². The van der Waals surface area contributed by atoms with E-state index in [0.29, 0.717) is 5.56 Å². The Morgan fingerprint density at radius 2 is 1.66 bits per heavy atom. The molecule has 1 rings (SSSR count). The third-order valence-corrected chi connectivity index (χ3v) is 4.95. The average molecular weight is 491 g/mol. The molecule has 0 aliphatic rings. The van der Waals surface area contributed by atoms with Crippen LogP contribution in [-0.4, -0.2) is 53.2 Å². The molecule has 35 heavy (non-hydrogen) atoms. The topological polar surface area (TPSA) is 131 Å². The van der Waals surface area contributed by atoms with Gasteiger partial charge in [-0.1, -0.05) is 45.6 Å². The van der Waals surface area contributed by atoms with Gasteiger partial charge in [-0.25, -0.2) is 4.79 Å². The van der Waals surface area contributed by atoms with Gasteiger partial charge in [0.15, 0.2) is 5.78 Å². The predicted octanol–water partition coefficient (Wildman–Crippen LogP) is 3.29. The molecule has 3 N–H and O–H groups in total. The number of carbonyl (C=O) groups is 4. The van der Waals surface area contributed by atoms with Crippen LogP contribution in [0.4, 0.5) is 4.79 Å². The smallest absolute Gasteiger partial charge is 0.408 e. The van der Waals surface area contributed by atoms with E-state index in [4.69, 9.17) is 9.47 Å². The zero-order chi connectivity index (χ0) is 26.8. The average Bonchev–Trinajstić information content (AvgIpc) is 2.74. The maximum absolute atomic E-state index is 13.2. The van der Waals surface area contributed by atoms with Crippen molar-refractivity contribution in [1.29, 1.82) is 0 Å². The molecule has 194 valence electrons. The summed E-state index contributed by atoms with van der Waals surface area (Å²) in [7, 11) is 0. The van der Waals surface area contributed by atoms with Crippen molar-refractivity contribution in [2.24, 2.45) is 11.8 Å². The Morgan fingerprint density at radius 1 is 1.06 bits per heavy atom. The number of amides is 2. The highest BCUT2D eigenvalue weighted by Crippen LogP contribution is 2.15. The summed E-state index contributed by atoms with van der Waals surface area (Å²) in [5.74, 6) is -2.30. The number of phenols is 1. The van der Waals surface area contributed by atoms with Crippen molar-refractivity contribution in [3.63, 3.8) is 0 Å². The number of rotatable bonds is 12. The summed E-state index contributed by atoms with van der Waals surface area (Å²) in [6.45, 7) is 13.8. The maximum Gasteiger partial charge on any atom is 0.408 e. The van der Waals surface area contributed by atoms with Gasteiger partial charge in [-0.15, -0.1) is 0 Å². The van der Waals surface area contributed by atoms with Crippen LogP contribution in [0.25, 0.3) is 0 Å². The van der Waals surface area contributed by atoms with Gasteiger partial charge in [-0.05, 0) is 44.4 Å². The zero-order valence-electron chi connectivity index (χ0n) is 21.4. The third-order valence-electron chi connectivity index (χ3n) is 4.95. The van der Waals surface area contributed by atoms with Crippen LogP contribution in [0.2, 0.25) is 0 Å². The molecule has 2 amide bonds. The van der Waals surface area contributed by atoms with Crippen LogP contribution in [-0.2, 0) is 30.3 Å². The molecule has 9 heteroatoms. The molecule has 1 aromatic carbocycles. The fraction of sp³-hybridized carbons (Fsp3) is 0.538. The summed E-state index contributed by atoms with van der Waals surface area (Å²) in [6, 6.07) is 4.30. The molecule has 1 aromatic rings. The lowest BCUT2D eigenvalue weighted by molar-refractivity contribution is -0.148. The Balaban J connectivity index is 3.01. The fourth-order valence-electron chi connectivity index (χ4n) is 3.20. The molecule has 0 fully saturated rings. The minimum absolute atomic E-state index is 0.0526. The van der Waals surface area contributed by atoms with Gasteiger partial charge >= 0.3 is 12.1 Å². The third kappa shape index (κ3) is 11.1. The molecular formula is C26H38N2O7. The second kappa shape index (κ2) is 13.5. The van der Waals surface area contributed by atoms with Gasteiger partial charge in [0.1, 0.15) is 24.0 Å². The number of phenolic OH excluding ortho intramolecular Hbond substituents is 1. The van der Waals surface area contributed by atoms with E-state index >= 15 is 0 Å². The lowest BCUT2D eigenvalue weighted by Gasteiger charge is -2.27. The monoisotopic (exact) mass is 490 g/mol. The highest BCUT2D eigenvalue weighted by Gasteiger charge is 2.31. The minimum Gasteiger partial charge on any atom is -0.508 e. The van der Waals surface area contributed by atoms with Crippen LogP contribution in [0.5, 0.6) is 5.75 Å². The van der Waals surface area contributed by atoms with E-state index in [9.17, 15) is 24.3 Å². The van der Waals surface area contributed by atoms with Gasteiger partial charge < -0.3 is 25.2 Å². The highest BCUT2D eigenvalue weighted by molar-refractivity contribution is 5.94. The molecule has 0 unspecified atom stereocenters. The normalized spacial score (nSPS) is 13.8. The summed E-state index contributed by atoms with van der Waals surface area (Å²) in [5.41, 5.74) is -0.0822. The lowest BCUT2D eigenvalue weighted by atomic mass is 9.92. The first-order valence-corrected chi connectivity index (χ1v) is 11.6. The molecule has 3 atom stereocenters. The zero-order valence-corrected chi connectivity index (χ0v) is 21.4.